The van der Waals surface area contributed by atoms with Crippen LogP contribution in [-0.2, 0) is 6.42 Å². The molecule has 5 nitrogen and oxygen atoms in total. The molecule has 1 aliphatic carbocycles. The maximum Gasteiger partial charge on any atom is 0.185 e. The van der Waals surface area contributed by atoms with Gasteiger partial charge in [0.15, 0.2) is 17.3 Å². The molecule has 1 saturated heterocycles. The highest BCUT2D eigenvalue weighted by Gasteiger charge is 2.71. The molecule has 4 aromatic rings. The quantitative estimate of drug-likeness (QED) is 0.166. The SMILES string of the molecule is CCOc1ccccc1[C@H]1[C@@H](C(=O)c2ccc(CC(C)C)cc2)N2c3ccccc3C=C[C@@H]2C12C(=O)c1ccccc1C2=O. The number of para-hydroxylation sites is 2. The first kappa shape index (κ1) is 28.0. The molecular weight excluding hydrogens is 546 g/mol. The van der Waals surface area contributed by atoms with Gasteiger partial charge in [0, 0.05) is 33.9 Å². The van der Waals surface area contributed by atoms with Crippen molar-refractivity contribution in [2.24, 2.45) is 11.3 Å². The first-order valence-corrected chi connectivity index (χ1v) is 15.5. The molecule has 0 bridgehead atoms. The summed E-state index contributed by atoms with van der Waals surface area (Å²) in [5, 5.41) is 0. The Morgan fingerprint density at radius 2 is 1.48 bits per heavy atom. The van der Waals surface area contributed by atoms with Crippen molar-refractivity contribution in [1.29, 1.82) is 0 Å². The average molecular weight is 582 g/mol. The van der Waals surface area contributed by atoms with Crippen LogP contribution in [-0.4, -0.2) is 36.0 Å². The monoisotopic (exact) mass is 581 g/mol. The van der Waals surface area contributed by atoms with Crippen LogP contribution in [0.15, 0.2) is 103 Å². The number of hydrogen-bond donors (Lipinski definition) is 0. The molecule has 220 valence electrons. The fraction of sp³-hybridized carbons (Fsp3) is 0.256. The van der Waals surface area contributed by atoms with Gasteiger partial charge in [0.25, 0.3) is 0 Å². The highest BCUT2D eigenvalue weighted by atomic mass is 16.5. The summed E-state index contributed by atoms with van der Waals surface area (Å²) < 4.78 is 6.14. The summed E-state index contributed by atoms with van der Waals surface area (Å²) in [6.07, 6.45) is 4.86. The summed E-state index contributed by atoms with van der Waals surface area (Å²) in [4.78, 5) is 46.8. The normalized spacial score (nSPS) is 21.0. The van der Waals surface area contributed by atoms with Crippen molar-refractivity contribution in [1.82, 2.24) is 0 Å². The van der Waals surface area contributed by atoms with Gasteiger partial charge < -0.3 is 9.64 Å². The fourth-order valence-corrected chi connectivity index (χ4v) is 7.73. The van der Waals surface area contributed by atoms with E-state index in [2.05, 4.69) is 18.7 Å². The number of ether oxygens (including phenoxy) is 1. The molecule has 3 atom stereocenters. The maximum absolute atomic E-state index is 15.0. The van der Waals surface area contributed by atoms with Crippen molar-refractivity contribution < 1.29 is 19.1 Å². The van der Waals surface area contributed by atoms with Gasteiger partial charge in [-0.25, -0.2) is 0 Å². The Balaban J connectivity index is 1.50. The van der Waals surface area contributed by atoms with Gasteiger partial charge in [0.1, 0.15) is 17.2 Å². The number of nitrogens with zero attached hydrogens (tertiary/aromatic N) is 1. The molecule has 0 unspecified atom stereocenters. The average Bonchev–Trinajstić information content (AvgIpc) is 3.47. The second kappa shape index (κ2) is 10.7. The number of fused-ring (bicyclic) bond motifs is 5. The highest BCUT2D eigenvalue weighted by Crippen LogP contribution is 2.62. The van der Waals surface area contributed by atoms with Crippen molar-refractivity contribution in [2.75, 3.05) is 11.5 Å². The lowest BCUT2D eigenvalue weighted by Crippen LogP contribution is -2.48. The Hall–Kier alpha value is -4.77. The van der Waals surface area contributed by atoms with Crippen LogP contribution in [0.2, 0.25) is 0 Å². The van der Waals surface area contributed by atoms with Crippen LogP contribution < -0.4 is 9.64 Å². The number of carbonyl (C=O) groups excluding carboxylic acids is 3. The third-order valence-corrected chi connectivity index (χ3v) is 9.42. The first-order chi connectivity index (χ1) is 21.4. The zero-order valence-electron chi connectivity index (χ0n) is 25.2. The number of ketones is 3. The molecule has 0 N–H and O–H groups in total. The lowest BCUT2D eigenvalue weighted by molar-refractivity contribution is 0.0664. The minimum absolute atomic E-state index is 0.124. The zero-order chi connectivity index (χ0) is 30.6. The predicted molar refractivity (Wildman–Crippen MR) is 173 cm³/mol. The van der Waals surface area contributed by atoms with E-state index in [9.17, 15) is 14.4 Å². The van der Waals surface area contributed by atoms with E-state index in [1.807, 2.05) is 91.9 Å². The number of Topliss-reactive ketones (excluding diaryl/α,β-unsaturated/α-hetero) is 3. The fourth-order valence-electron chi connectivity index (χ4n) is 7.73. The first-order valence-electron chi connectivity index (χ1n) is 15.5. The topological polar surface area (TPSA) is 63.7 Å². The number of carbonyl (C=O) groups is 3. The van der Waals surface area contributed by atoms with E-state index < -0.39 is 23.4 Å². The van der Waals surface area contributed by atoms with E-state index in [0.717, 1.165) is 17.7 Å². The van der Waals surface area contributed by atoms with E-state index in [0.29, 0.717) is 40.5 Å². The van der Waals surface area contributed by atoms with Gasteiger partial charge >= 0.3 is 0 Å². The molecule has 2 aliphatic heterocycles. The summed E-state index contributed by atoms with van der Waals surface area (Å²) in [6.45, 7) is 6.66. The lowest BCUT2D eigenvalue weighted by atomic mass is 9.64. The summed E-state index contributed by atoms with van der Waals surface area (Å²) in [5.74, 6) is -0.337. The van der Waals surface area contributed by atoms with Crippen LogP contribution in [0.1, 0.15) is 74.5 Å². The van der Waals surface area contributed by atoms with Crippen LogP contribution in [0.25, 0.3) is 6.08 Å². The summed E-state index contributed by atoms with van der Waals surface area (Å²) in [5.41, 5.74) is 3.46. The Bertz CT molecular complexity index is 1780. The van der Waals surface area contributed by atoms with Crippen LogP contribution >= 0.6 is 0 Å². The standard InChI is InChI=1S/C39H35NO4/c1-4-44-32-16-10-8-14-30(32)34-35(36(41)27-19-17-25(18-20-27)23-24(2)3)40-31-15-9-5-11-26(31)21-22-33(40)39(34)37(42)28-12-6-7-13-29(28)38(39)43/h5-22,24,33-35H,4,23H2,1-3H3/t33-,34+,35+/m1/s1. The second-order valence-electron chi connectivity index (χ2n) is 12.4. The van der Waals surface area contributed by atoms with Gasteiger partial charge in [-0.3, -0.25) is 14.4 Å². The van der Waals surface area contributed by atoms with Gasteiger partial charge in [-0.1, -0.05) is 111 Å². The molecular formula is C39H35NO4. The number of rotatable bonds is 7. The van der Waals surface area contributed by atoms with Gasteiger partial charge in [-0.05, 0) is 42.5 Å². The largest absolute Gasteiger partial charge is 0.494 e. The Morgan fingerprint density at radius 3 is 2.16 bits per heavy atom. The number of benzene rings is 4. The van der Waals surface area contributed by atoms with Crippen molar-refractivity contribution >= 4 is 29.1 Å². The molecule has 5 heteroatoms. The zero-order valence-corrected chi connectivity index (χ0v) is 25.2. The number of hydrogen-bond acceptors (Lipinski definition) is 5. The summed E-state index contributed by atoms with van der Waals surface area (Å²) >= 11 is 0. The minimum Gasteiger partial charge on any atom is -0.494 e. The van der Waals surface area contributed by atoms with Gasteiger partial charge in [0.2, 0.25) is 0 Å². The van der Waals surface area contributed by atoms with Gasteiger partial charge in [-0.2, -0.15) is 0 Å². The van der Waals surface area contributed by atoms with Crippen LogP contribution in [0.5, 0.6) is 5.75 Å². The molecule has 4 aromatic carbocycles. The van der Waals surface area contributed by atoms with Crippen molar-refractivity contribution in [2.45, 2.75) is 45.2 Å². The van der Waals surface area contributed by atoms with Crippen molar-refractivity contribution in [3.05, 3.63) is 137 Å². The molecule has 7 rings (SSSR count). The van der Waals surface area contributed by atoms with E-state index in [4.69, 9.17) is 4.74 Å². The molecule has 0 aromatic heterocycles. The third kappa shape index (κ3) is 4.02. The molecule has 0 saturated carbocycles. The van der Waals surface area contributed by atoms with E-state index in [-0.39, 0.29) is 17.3 Å². The Labute approximate surface area is 258 Å². The van der Waals surface area contributed by atoms with Crippen molar-refractivity contribution in [3.8, 4) is 5.75 Å². The van der Waals surface area contributed by atoms with E-state index in [1.54, 1.807) is 24.3 Å². The third-order valence-electron chi connectivity index (χ3n) is 9.42. The molecule has 2 heterocycles. The van der Waals surface area contributed by atoms with Gasteiger partial charge in [-0.15, -0.1) is 0 Å². The molecule has 0 radical (unpaired) electrons. The van der Waals surface area contributed by atoms with Gasteiger partial charge in [0.05, 0.1) is 12.6 Å². The predicted octanol–water partition coefficient (Wildman–Crippen LogP) is 7.60. The van der Waals surface area contributed by atoms with E-state index >= 15 is 0 Å². The molecule has 3 aliphatic rings. The van der Waals surface area contributed by atoms with Crippen LogP contribution in [0, 0.1) is 11.3 Å². The van der Waals surface area contributed by atoms with Crippen LogP contribution in [0.4, 0.5) is 5.69 Å². The Morgan fingerprint density at radius 1 is 0.841 bits per heavy atom. The second-order valence-corrected chi connectivity index (χ2v) is 12.4. The molecule has 0 amide bonds. The number of anilines is 1. The van der Waals surface area contributed by atoms with Crippen molar-refractivity contribution in [3.63, 3.8) is 0 Å². The highest BCUT2D eigenvalue weighted by molar-refractivity contribution is 6.32. The maximum atomic E-state index is 15.0. The smallest absolute Gasteiger partial charge is 0.185 e. The molecule has 1 spiro atoms. The summed E-state index contributed by atoms with van der Waals surface area (Å²) in [6, 6.07) is 28.8. The lowest BCUT2D eigenvalue weighted by Gasteiger charge is -2.37. The van der Waals surface area contributed by atoms with Crippen LogP contribution in [0.3, 0.4) is 0 Å². The minimum atomic E-state index is -1.56. The molecule has 1 fully saturated rings. The Kier molecular flexibility index (Phi) is 6.84. The summed E-state index contributed by atoms with van der Waals surface area (Å²) in [7, 11) is 0. The van der Waals surface area contributed by atoms with E-state index in [1.165, 1.54) is 5.56 Å². The molecule has 44 heavy (non-hydrogen) atoms.